The van der Waals surface area contributed by atoms with Crippen molar-refractivity contribution in [1.29, 1.82) is 0 Å². The van der Waals surface area contributed by atoms with E-state index in [1.165, 1.54) is 0 Å². The van der Waals surface area contributed by atoms with E-state index in [0.717, 1.165) is 17.7 Å². The van der Waals surface area contributed by atoms with Gasteiger partial charge in [0.25, 0.3) is 0 Å². The highest BCUT2D eigenvalue weighted by molar-refractivity contribution is 8.00. The topological polar surface area (TPSA) is 69.9 Å². The van der Waals surface area contributed by atoms with Gasteiger partial charge in [0.15, 0.2) is 0 Å². The maximum absolute atomic E-state index is 10.5. The van der Waals surface area contributed by atoms with Crippen LogP contribution in [0.5, 0.6) is 0 Å². The summed E-state index contributed by atoms with van der Waals surface area (Å²) in [7, 11) is 0. The fourth-order valence-corrected chi connectivity index (χ4v) is 3.86. The van der Waals surface area contributed by atoms with Crippen LogP contribution in [0.2, 0.25) is 0 Å². The molecule has 1 aromatic carbocycles. The van der Waals surface area contributed by atoms with E-state index in [9.17, 15) is 10.2 Å². The van der Waals surface area contributed by atoms with Crippen molar-refractivity contribution in [3.05, 3.63) is 30.3 Å². The molecule has 0 spiro atoms. The molecular weight excluding hydrogens is 276 g/mol. The van der Waals surface area contributed by atoms with Crippen LogP contribution in [0, 0.1) is 0 Å². The highest BCUT2D eigenvalue weighted by Crippen LogP contribution is 2.44. The molecule has 0 unspecified atom stereocenters. The maximum Gasteiger partial charge on any atom is 0.0796 e. The van der Waals surface area contributed by atoms with Crippen molar-refractivity contribution >= 4 is 11.8 Å². The molecule has 0 amide bonds. The quantitative estimate of drug-likeness (QED) is 0.741. The smallest absolute Gasteiger partial charge is 0.0796 e. The second kappa shape index (κ2) is 7.43. The van der Waals surface area contributed by atoms with Gasteiger partial charge in [-0.15, -0.1) is 11.8 Å². The number of aliphatic hydroxyl groups excluding tert-OH is 3. The molecule has 1 aliphatic rings. The summed E-state index contributed by atoms with van der Waals surface area (Å²) in [4.78, 5) is 1.10. The van der Waals surface area contributed by atoms with Crippen LogP contribution in [0.25, 0.3) is 0 Å². The van der Waals surface area contributed by atoms with Crippen molar-refractivity contribution in [2.24, 2.45) is 0 Å². The lowest BCUT2D eigenvalue weighted by atomic mass is 9.89. The van der Waals surface area contributed by atoms with E-state index in [4.69, 9.17) is 9.84 Å². The average Bonchev–Trinajstić information content (AvgIpc) is 2.49. The third kappa shape index (κ3) is 3.96. The molecule has 112 valence electrons. The molecule has 0 aliphatic carbocycles. The summed E-state index contributed by atoms with van der Waals surface area (Å²) in [5, 5.41) is 29.1. The summed E-state index contributed by atoms with van der Waals surface area (Å²) in [6.07, 6.45) is 0.133. The van der Waals surface area contributed by atoms with Crippen molar-refractivity contribution in [3.63, 3.8) is 0 Å². The minimum absolute atomic E-state index is 0.191. The van der Waals surface area contributed by atoms with Gasteiger partial charge in [-0.25, -0.2) is 0 Å². The zero-order valence-electron chi connectivity index (χ0n) is 11.4. The van der Waals surface area contributed by atoms with Crippen LogP contribution in [0.15, 0.2) is 35.2 Å². The number of aliphatic hydroxyl groups is 3. The summed E-state index contributed by atoms with van der Waals surface area (Å²) in [6, 6.07) is 9.97. The van der Waals surface area contributed by atoms with E-state index in [2.05, 4.69) is 0 Å². The number of rotatable bonds is 6. The molecule has 2 atom stereocenters. The van der Waals surface area contributed by atoms with Gasteiger partial charge in [-0.1, -0.05) is 18.2 Å². The SMILES string of the molecule is OC[C@H](O)C[C@H](O)C1(Sc2ccccc2)CCOCC1. The molecule has 1 aromatic rings. The summed E-state index contributed by atoms with van der Waals surface area (Å²) in [5.41, 5.74) is 0. The van der Waals surface area contributed by atoms with Crippen molar-refractivity contribution in [3.8, 4) is 0 Å². The fourth-order valence-electron chi connectivity index (χ4n) is 2.49. The number of hydrogen-bond donors (Lipinski definition) is 3. The molecule has 3 N–H and O–H groups in total. The lowest BCUT2D eigenvalue weighted by molar-refractivity contribution is -0.00810. The Kier molecular flexibility index (Phi) is 5.86. The van der Waals surface area contributed by atoms with E-state index in [1.54, 1.807) is 11.8 Å². The second-order valence-corrected chi connectivity index (χ2v) is 6.67. The van der Waals surface area contributed by atoms with Crippen LogP contribution in [0.1, 0.15) is 19.3 Å². The molecule has 1 heterocycles. The Morgan fingerprint density at radius 1 is 1.15 bits per heavy atom. The zero-order chi connectivity index (χ0) is 14.4. The van der Waals surface area contributed by atoms with Gasteiger partial charge in [-0.2, -0.15) is 0 Å². The molecular formula is C15H22O4S. The Bertz CT molecular complexity index is 392. The van der Waals surface area contributed by atoms with E-state index in [1.807, 2.05) is 30.3 Å². The van der Waals surface area contributed by atoms with Crippen molar-refractivity contribution in [2.75, 3.05) is 19.8 Å². The lowest BCUT2D eigenvalue weighted by Crippen LogP contribution is -2.45. The monoisotopic (exact) mass is 298 g/mol. The standard InChI is InChI=1S/C15H22O4S/c16-11-12(17)10-14(18)15(6-8-19-9-7-15)20-13-4-2-1-3-5-13/h1-5,12,14,16-18H,6-11H2/t12-,14+/m1/s1. The molecule has 1 fully saturated rings. The third-order valence-electron chi connectivity index (χ3n) is 3.72. The van der Waals surface area contributed by atoms with Gasteiger partial charge < -0.3 is 20.1 Å². The summed E-state index contributed by atoms with van der Waals surface area (Å²) < 4.78 is 5.06. The van der Waals surface area contributed by atoms with Crippen LogP contribution in [-0.2, 0) is 4.74 Å². The molecule has 5 heteroatoms. The van der Waals surface area contributed by atoms with E-state index in [0.29, 0.717) is 13.2 Å². The first-order valence-electron chi connectivity index (χ1n) is 6.95. The van der Waals surface area contributed by atoms with E-state index in [-0.39, 0.29) is 17.8 Å². The lowest BCUT2D eigenvalue weighted by Gasteiger charge is -2.41. The van der Waals surface area contributed by atoms with Gasteiger partial charge in [0.05, 0.1) is 23.6 Å². The number of benzene rings is 1. The molecule has 0 bridgehead atoms. The van der Waals surface area contributed by atoms with Crippen molar-refractivity contribution < 1.29 is 20.1 Å². The molecule has 0 radical (unpaired) electrons. The highest BCUT2D eigenvalue weighted by atomic mass is 32.2. The van der Waals surface area contributed by atoms with Gasteiger partial charge >= 0.3 is 0 Å². The predicted molar refractivity (Wildman–Crippen MR) is 78.8 cm³/mol. The normalized spacial score (nSPS) is 21.4. The summed E-state index contributed by atoms with van der Waals surface area (Å²) >= 11 is 1.65. The number of hydrogen-bond acceptors (Lipinski definition) is 5. The Balaban J connectivity index is 2.12. The van der Waals surface area contributed by atoms with E-state index >= 15 is 0 Å². The molecule has 4 nitrogen and oxygen atoms in total. The maximum atomic E-state index is 10.5. The fraction of sp³-hybridized carbons (Fsp3) is 0.600. The van der Waals surface area contributed by atoms with Crippen LogP contribution in [-0.4, -0.2) is 52.1 Å². The first kappa shape index (κ1) is 15.8. The summed E-state index contributed by atoms with van der Waals surface area (Å²) in [5.74, 6) is 0. The van der Waals surface area contributed by atoms with Crippen LogP contribution < -0.4 is 0 Å². The number of thioether (sulfide) groups is 1. The van der Waals surface area contributed by atoms with Gasteiger partial charge in [-0.05, 0) is 25.0 Å². The average molecular weight is 298 g/mol. The molecule has 0 aromatic heterocycles. The van der Waals surface area contributed by atoms with Crippen molar-refractivity contribution in [1.82, 2.24) is 0 Å². The minimum Gasteiger partial charge on any atom is -0.394 e. The molecule has 2 rings (SSSR count). The minimum atomic E-state index is -0.874. The Morgan fingerprint density at radius 2 is 1.80 bits per heavy atom. The van der Waals surface area contributed by atoms with Gasteiger partial charge in [-0.3, -0.25) is 0 Å². The first-order valence-corrected chi connectivity index (χ1v) is 7.77. The predicted octanol–water partition coefficient (Wildman–Crippen LogP) is 1.43. The van der Waals surface area contributed by atoms with Gasteiger partial charge in [0.1, 0.15) is 0 Å². The van der Waals surface area contributed by atoms with E-state index < -0.39 is 12.2 Å². The highest BCUT2D eigenvalue weighted by Gasteiger charge is 2.41. The third-order valence-corrected chi connectivity index (χ3v) is 5.31. The molecule has 0 saturated carbocycles. The first-order chi connectivity index (χ1) is 9.66. The molecule has 1 saturated heterocycles. The Labute approximate surface area is 123 Å². The van der Waals surface area contributed by atoms with Crippen LogP contribution in [0.4, 0.5) is 0 Å². The van der Waals surface area contributed by atoms with Crippen molar-refractivity contribution in [2.45, 2.75) is 41.1 Å². The number of ether oxygens (including phenoxy) is 1. The second-order valence-electron chi connectivity index (χ2n) is 5.18. The zero-order valence-corrected chi connectivity index (χ0v) is 12.3. The molecule has 1 aliphatic heterocycles. The largest absolute Gasteiger partial charge is 0.394 e. The van der Waals surface area contributed by atoms with Crippen LogP contribution in [0.3, 0.4) is 0 Å². The van der Waals surface area contributed by atoms with Gasteiger partial charge in [0.2, 0.25) is 0 Å². The van der Waals surface area contributed by atoms with Crippen LogP contribution >= 0.6 is 11.8 Å². The van der Waals surface area contributed by atoms with Gasteiger partial charge in [0, 0.05) is 24.5 Å². The Hall–Kier alpha value is -0.590. The Morgan fingerprint density at radius 3 is 2.40 bits per heavy atom. The molecule has 20 heavy (non-hydrogen) atoms. The summed E-state index contributed by atoms with van der Waals surface area (Å²) in [6.45, 7) is 0.915.